The first-order valence-corrected chi connectivity index (χ1v) is 5.97. The summed E-state index contributed by atoms with van der Waals surface area (Å²) in [5, 5.41) is 3.06. The van der Waals surface area contributed by atoms with Gasteiger partial charge < -0.3 is 11.1 Å². The first-order valence-electron chi connectivity index (χ1n) is 5.97. The Morgan fingerprint density at radius 2 is 2.00 bits per heavy atom. The van der Waals surface area contributed by atoms with Crippen LogP contribution in [-0.2, 0) is 4.79 Å². The van der Waals surface area contributed by atoms with Crippen LogP contribution in [0.5, 0.6) is 0 Å². The standard InChI is InChI=1S/C12H24N2O/c1-9(10-6-4-5-7-10)14-11(15)8-12(2,3)13/h9-10H,4-8,13H2,1-3H3,(H,14,15)/t9-/m0/s1. The predicted molar refractivity (Wildman–Crippen MR) is 62.4 cm³/mol. The molecule has 3 N–H and O–H groups in total. The molecule has 0 unspecified atom stereocenters. The van der Waals surface area contributed by atoms with Crippen LogP contribution >= 0.6 is 0 Å². The molecule has 0 spiro atoms. The number of hydrogen-bond acceptors (Lipinski definition) is 2. The van der Waals surface area contributed by atoms with E-state index in [0.29, 0.717) is 18.4 Å². The highest BCUT2D eigenvalue weighted by molar-refractivity contribution is 5.77. The van der Waals surface area contributed by atoms with E-state index in [1.54, 1.807) is 0 Å². The molecule has 0 heterocycles. The zero-order valence-corrected chi connectivity index (χ0v) is 10.2. The third-order valence-electron chi connectivity index (χ3n) is 3.11. The molecule has 0 saturated heterocycles. The van der Waals surface area contributed by atoms with E-state index in [9.17, 15) is 4.79 Å². The van der Waals surface area contributed by atoms with Gasteiger partial charge in [0.25, 0.3) is 0 Å². The Kier molecular flexibility index (Phi) is 4.14. The predicted octanol–water partition coefficient (Wildman–Crippen LogP) is 1.81. The molecule has 0 aromatic heterocycles. The lowest BCUT2D eigenvalue weighted by atomic mass is 9.98. The van der Waals surface area contributed by atoms with E-state index < -0.39 is 5.54 Å². The molecule has 0 bridgehead atoms. The molecule has 1 atom stereocenters. The molecule has 0 aromatic rings. The van der Waals surface area contributed by atoms with Gasteiger partial charge in [0.05, 0.1) is 0 Å². The second-order valence-electron chi connectivity index (χ2n) is 5.57. The van der Waals surface area contributed by atoms with Gasteiger partial charge in [0.1, 0.15) is 0 Å². The van der Waals surface area contributed by atoms with Crippen LogP contribution in [0.3, 0.4) is 0 Å². The van der Waals surface area contributed by atoms with Gasteiger partial charge in [-0.1, -0.05) is 12.8 Å². The van der Waals surface area contributed by atoms with Gasteiger partial charge in [-0.15, -0.1) is 0 Å². The maximum absolute atomic E-state index is 11.6. The molecule has 0 aliphatic heterocycles. The largest absolute Gasteiger partial charge is 0.353 e. The molecule has 1 saturated carbocycles. The van der Waals surface area contributed by atoms with Crippen molar-refractivity contribution in [1.29, 1.82) is 0 Å². The van der Waals surface area contributed by atoms with Crippen molar-refractivity contribution in [3.8, 4) is 0 Å². The van der Waals surface area contributed by atoms with E-state index >= 15 is 0 Å². The molecule has 0 radical (unpaired) electrons. The third-order valence-corrected chi connectivity index (χ3v) is 3.11. The topological polar surface area (TPSA) is 55.1 Å². The van der Waals surface area contributed by atoms with Crippen LogP contribution in [0, 0.1) is 5.92 Å². The molecule has 1 amide bonds. The fraction of sp³-hybridized carbons (Fsp3) is 0.917. The van der Waals surface area contributed by atoms with Crippen molar-refractivity contribution in [2.45, 2.75) is 64.5 Å². The second-order valence-corrected chi connectivity index (χ2v) is 5.57. The minimum absolute atomic E-state index is 0.0851. The molecule has 3 nitrogen and oxygen atoms in total. The SMILES string of the molecule is C[C@H](NC(=O)CC(C)(C)N)C1CCCC1. The van der Waals surface area contributed by atoms with Crippen molar-refractivity contribution >= 4 is 5.91 Å². The Morgan fingerprint density at radius 3 is 2.47 bits per heavy atom. The average Bonchev–Trinajstić information content (AvgIpc) is 2.50. The average molecular weight is 212 g/mol. The number of nitrogens with two attached hydrogens (primary N) is 1. The maximum atomic E-state index is 11.6. The second kappa shape index (κ2) is 4.97. The Morgan fingerprint density at radius 1 is 1.47 bits per heavy atom. The summed E-state index contributed by atoms with van der Waals surface area (Å²) in [4.78, 5) is 11.6. The van der Waals surface area contributed by atoms with Gasteiger partial charge in [0, 0.05) is 18.0 Å². The van der Waals surface area contributed by atoms with Gasteiger partial charge >= 0.3 is 0 Å². The molecule has 15 heavy (non-hydrogen) atoms. The number of nitrogens with one attached hydrogen (secondary N) is 1. The van der Waals surface area contributed by atoms with E-state index in [2.05, 4.69) is 12.2 Å². The maximum Gasteiger partial charge on any atom is 0.222 e. The molecule has 1 rings (SSSR count). The molecule has 1 aliphatic rings. The fourth-order valence-corrected chi connectivity index (χ4v) is 2.29. The van der Waals surface area contributed by atoms with Crippen molar-refractivity contribution in [3.63, 3.8) is 0 Å². The van der Waals surface area contributed by atoms with Gasteiger partial charge in [-0.05, 0) is 39.5 Å². The number of carbonyl (C=O) groups excluding carboxylic acids is 1. The summed E-state index contributed by atoms with van der Waals surface area (Å²) < 4.78 is 0. The Labute approximate surface area is 92.8 Å². The number of amides is 1. The van der Waals surface area contributed by atoms with E-state index in [4.69, 9.17) is 5.73 Å². The number of rotatable bonds is 4. The smallest absolute Gasteiger partial charge is 0.222 e. The Bertz CT molecular complexity index is 214. The van der Waals surface area contributed by atoms with Crippen molar-refractivity contribution < 1.29 is 4.79 Å². The van der Waals surface area contributed by atoms with E-state index in [0.717, 1.165) is 0 Å². The van der Waals surface area contributed by atoms with E-state index in [-0.39, 0.29) is 5.91 Å². The minimum Gasteiger partial charge on any atom is -0.353 e. The summed E-state index contributed by atoms with van der Waals surface area (Å²) >= 11 is 0. The highest BCUT2D eigenvalue weighted by atomic mass is 16.1. The molecule has 1 fully saturated rings. The first-order chi connectivity index (χ1) is 6.88. The van der Waals surface area contributed by atoms with Crippen molar-refractivity contribution in [2.24, 2.45) is 11.7 Å². The lowest BCUT2D eigenvalue weighted by Gasteiger charge is -2.23. The van der Waals surface area contributed by atoms with Crippen LogP contribution in [-0.4, -0.2) is 17.5 Å². The summed E-state index contributed by atoms with van der Waals surface area (Å²) in [7, 11) is 0. The minimum atomic E-state index is -0.403. The number of carbonyl (C=O) groups is 1. The molecule has 1 aliphatic carbocycles. The molecule has 0 aromatic carbocycles. The fourth-order valence-electron chi connectivity index (χ4n) is 2.29. The van der Waals surface area contributed by atoms with Crippen LogP contribution in [0.15, 0.2) is 0 Å². The van der Waals surface area contributed by atoms with Crippen LogP contribution in [0.4, 0.5) is 0 Å². The van der Waals surface area contributed by atoms with Gasteiger partial charge in [0.2, 0.25) is 5.91 Å². The monoisotopic (exact) mass is 212 g/mol. The quantitative estimate of drug-likeness (QED) is 0.746. The highest BCUT2D eigenvalue weighted by Gasteiger charge is 2.24. The summed E-state index contributed by atoms with van der Waals surface area (Å²) in [6.07, 6.45) is 5.55. The zero-order valence-electron chi connectivity index (χ0n) is 10.2. The lowest BCUT2D eigenvalue weighted by Crippen LogP contribution is -2.43. The number of hydrogen-bond donors (Lipinski definition) is 2. The van der Waals surface area contributed by atoms with Gasteiger partial charge in [-0.2, -0.15) is 0 Å². The normalized spacial score (nSPS) is 20.3. The van der Waals surface area contributed by atoms with Gasteiger partial charge in [-0.25, -0.2) is 0 Å². The van der Waals surface area contributed by atoms with Crippen LogP contribution in [0.25, 0.3) is 0 Å². The van der Waals surface area contributed by atoms with Gasteiger partial charge in [-0.3, -0.25) is 4.79 Å². The third kappa shape index (κ3) is 4.65. The van der Waals surface area contributed by atoms with Crippen molar-refractivity contribution in [3.05, 3.63) is 0 Å². The Balaban J connectivity index is 2.30. The molecule has 3 heteroatoms. The summed E-state index contributed by atoms with van der Waals surface area (Å²) in [6, 6.07) is 0.308. The van der Waals surface area contributed by atoms with Crippen LogP contribution in [0.1, 0.15) is 52.9 Å². The summed E-state index contributed by atoms with van der Waals surface area (Å²) in [5.41, 5.74) is 5.40. The zero-order chi connectivity index (χ0) is 11.5. The molecular weight excluding hydrogens is 188 g/mol. The van der Waals surface area contributed by atoms with Crippen molar-refractivity contribution in [1.82, 2.24) is 5.32 Å². The van der Waals surface area contributed by atoms with Crippen molar-refractivity contribution in [2.75, 3.05) is 0 Å². The van der Waals surface area contributed by atoms with E-state index in [1.165, 1.54) is 25.7 Å². The van der Waals surface area contributed by atoms with Gasteiger partial charge in [0.15, 0.2) is 0 Å². The first kappa shape index (κ1) is 12.5. The Hall–Kier alpha value is -0.570. The summed E-state index contributed by atoms with van der Waals surface area (Å²) in [5.74, 6) is 0.761. The van der Waals surface area contributed by atoms with Crippen LogP contribution < -0.4 is 11.1 Å². The summed E-state index contributed by atoms with van der Waals surface area (Å²) in [6.45, 7) is 5.87. The van der Waals surface area contributed by atoms with E-state index in [1.807, 2.05) is 13.8 Å². The molecular formula is C12H24N2O. The molecule has 88 valence electrons. The highest BCUT2D eigenvalue weighted by Crippen LogP contribution is 2.27. The lowest BCUT2D eigenvalue weighted by molar-refractivity contribution is -0.122. The van der Waals surface area contributed by atoms with Crippen LogP contribution in [0.2, 0.25) is 0 Å².